The summed E-state index contributed by atoms with van der Waals surface area (Å²) in [5, 5.41) is 0. The third kappa shape index (κ3) is 6.17. The van der Waals surface area contributed by atoms with Gasteiger partial charge in [0.1, 0.15) is 5.75 Å². The number of hydrogen-bond acceptors (Lipinski definition) is 3. The first-order valence-corrected chi connectivity index (χ1v) is 12.3. The number of rotatable bonds is 8. The fraction of sp³-hybridized carbons (Fsp3) is 0.409. The van der Waals surface area contributed by atoms with Gasteiger partial charge in [0.2, 0.25) is 5.91 Å². The lowest BCUT2D eigenvalue weighted by atomic mass is 10.1. The van der Waals surface area contributed by atoms with Crippen LogP contribution in [0, 0.1) is 0 Å². The monoisotopic (exact) mass is 463 g/mol. The van der Waals surface area contributed by atoms with E-state index >= 15 is 0 Å². The van der Waals surface area contributed by atoms with E-state index in [1.165, 1.54) is 0 Å². The molecule has 0 heterocycles. The molecule has 28 heavy (non-hydrogen) atoms. The molecule has 1 fully saturated rings. The van der Waals surface area contributed by atoms with Crippen LogP contribution in [0.3, 0.4) is 0 Å². The maximum Gasteiger partial charge on any atom is 0.238 e. The molecular weight excluding hydrogens is 438 g/mol. The van der Waals surface area contributed by atoms with Crippen LogP contribution in [0.5, 0.6) is 0 Å². The number of carbonyl (C=O) groups excluding carboxylic acids is 1. The van der Waals surface area contributed by atoms with E-state index < -0.39 is 15.6 Å². The summed E-state index contributed by atoms with van der Waals surface area (Å²) in [4.78, 5) is 14.8. The third-order valence-electron chi connectivity index (χ3n) is 5.21. The van der Waals surface area contributed by atoms with Crippen molar-refractivity contribution in [2.75, 3.05) is 12.3 Å². The quantitative estimate of drug-likeness (QED) is 0.583. The van der Waals surface area contributed by atoms with Gasteiger partial charge in [-0.3, -0.25) is 4.79 Å². The van der Waals surface area contributed by atoms with Gasteiger partial charge in [-0.25, -0.2) is 8.42 Å². The Morgan fingerprint density at radius 3 is 2.25 bits per heavy atom. The molecule has 0 bridgehead atoms. The zero-order valence-electron chi connectivity index (χ0n) is 15.9. The van der Waals surface area contributed by atoms with Crippen LogP contribution >= 0.6 is 15.9 Å². The summed E-state index contributed by atoms with van der Waals surface area (Å²) in [5.74, 6) is -0.794. The normalized spacial score (nSPS) is 14.9. The van der Waals surface area contributed by atoms with Crippen molar-refractivity contribution >= 4 is 31.7 Å². The highest BCUT2D eigenvalue weighted by Crippen LogP contribution is 2.24. The van der Waals surface area contributed by atoms with Gasteiger partial charge in [-0.1, -0.05) is 71.2 Å². The molecule has 0 atom stereocenters. The molecule has 1 amide bonds. The van der Waals surface area contributed by atoms with Gasteiger partial charge in [0, 0.05) is 17.1 Å². The van der Waals surface area contributed by atoms with Crippen molar-refractivity contribution in [3.63, 3.8) is 0 Å². The average Bonchev–Trinajstić information content (AvgIpc) is 3.18. The van der Waals surface area contributed by atoms with Crippen molar-refractivity contribution in [3.8, 4) is 0 Å². The van der Waals surface area contributed by atoms with E-state index in [1.54, 1.807) is 12.1 Å². The summed E-state index contributed by atoms with van der Waals surface area (Å²) in [6, 6.07) is 17.4. The number of benzene rings is 2. The molecule has 150 valence electrons. The highest BCUT2D eigenvalue weighted by atomic mass is 79.9. The van der Waals surface area contributed by atoms with E-state index in [9.17, 15) is 13.2 Å². The molecule has 1 aliphatic carbocycles. The van der Waals surface area contributed by atoms with Gasteiger partial charge < -0.3 is 4.90 Å². The molecule has 6 heteroatoms. The average molecular weight is 464 g/mol. The largest absolute Gasteiger partial charge is 0.339 e. The summed E-state index contributed by atoms with van der Waals surface area (Å²) < 4.78 is 26.2. The van der Waals surface area contributed by atoms with Gasteiger partial charge in [-0.15, -0.1) is 0 Å². The summed E-state index contributed by atoms with van der Waals surface area (Å²) >= 11 is 3.35. The fourth-order valence-electron chi connectivity index (χ4n) is 3.78. The zero-order chi connectivity index (χ0) is 20.0. The van der Waals surface area contributed by atoms with Crippen LogP contribution in [-0.4, -0.2) is 37.6 Å². The topological polar surface area (TPSA) is 54.5 Å². The van der Waals surface area contributed by atoms with Gasteiger partial charge in [-0.2, -0.15) is 0 Å². The molecular formula is C22H26BrNO3S. The molecule has 1 saturated carbocycles. The Morgan fingerprint density at radius 1 is 0.964 bits per heavy atom. The minimum absolute atomic E-state index is 0.108. The first-order chi connectivity index (χ1) is 13.4. The molecule has 0 aromatic heterocycles. The molecule has 2 aromatic rings. The molecule has 0 aliphatic heterocycles. The van der Waals surface area contributed by atoms with E-state index in [-0.39, 0.29) is 17.7 Å². The van der Waals surface area contributed by atoms with Crippen molar-refractivity contribution in [1.82, 2.24) is 4.90 Å². The highest BCUT2D eigenvalue weighted by molar-refractivity contribution is 9.10. The number of carbonyl (C=O) groups is 1. The lowest BCUT2D eigenvalue weighted by molar-refractivity contribution is -0.130. The molecule has 0 spiro atoms. The van der Waals surface area contributed by atoms with Crippen LogP contribution < -0.4 is 0 Å². The second-order valence-electron chi connectivity index (χ2n) is 7.42. The Morgan fingerprint density at radius 2 is 1.61 bits per heavy atom. The molecule has 0 N–H and O–H groups in total. The first kappa shape index (κ1) is 21.1. The number of nitrogens with zero attached hydrogens (tertiary/aromatic N) is 1. The number of sulfone groups is 1. The van der Waals surface area contributed by atoms with Crippen molar-refractivity contribution < 1.29 is 13.2 Å². The Labute approximate surface area is 176 Å². The van der Waals surface area contributed by atoms with Gasteiger partial charge in [-0.05, 0) is 42.5 Å². The lowest BCUT2D eigenvalue weighted by Gasteiger charge is -2.29. The number of hydrogen-bond donors (Lipinski definition) is 0. The number of amides is 1. The van der Waals surface area contributed by atoms with Crippen molar-refractivity contribution in [2.45, 2.75) is 43.9 Å². The Kier molecular flexibility index (Phi) is 7.30. The van der Waals surface area contributed by atoms with Crippen molar-refractivity contribution in [1.29, 1.82) is 0 Å². The van der Waals surface area contributed by atoms with Gasteiger partial charge >= 0.3 is 0 Å². The second kappa shape index (κ2) is 9.70. The van der Waals surface area contributed by atoms with Gasteiger partial charge in [0.05, 0.1) is 5.75 Å². The molecule has 0 saturated heterocycles. The summed E-state index contributed by atoms with van der Waals surface area (Å²) in [5.41, 5.74) is 1.86. The van der Waals surface area contributed by atoms with E-state index in [4.69, 9.17) is 0 Å². The van der Waals surface area contributed by atoms with Crippen LogP contribution in [0.1, 0.15) is 36.8 Å². The Bertz CT molecular complexity index is 876. The first-order valence-electron chi connectivity index (χ1n) is 9.71. The summed E-state index contributed by atoms with van der Waals surface area (Å²) in [7, 11) is -3.51. The van der Waals surface area contributed by atoms with Crippen LogP contribution in [-0.2, 0) is 26.8 Å². The van der Waals surface area contributed by atoms with Crippen LogP contribution in [0.4, 0.5) is 0 Å². The van der Waals surface area contributed by atoms with Crippen LogP contribution in [0.15, 0.2) is 59.1 Å². The zero-order valence-corrected chi connectivity index (χ0v) is 18.3. The van der Waals surface area contributed by atoms with Crippen molar-refractivity contribution in [3.05, 3.63) is 70.2 Å². The SMILES string of the molecule is O=C(CS(=O)(=O)Cc1ccc(Br)cc1)N(CCc1ccccc1)C1CCCC1. The second-order valence-corrected chi connectivity index (χ2v) is 10.4. The molecule has 0 radical (unpaired) electrons. The summed E-state index contributed by atoms with van der Waals surface area (Å²) in [6.07, 6.45) is 4.88. The Balaban J connectivity index is 1.66. The third-order valence-corrected chi connectivity index (χ3v) is 7.20. The predicted molar refractivity (Wildman–Crippen MR) is 116 cm³/mol. The van der Waals surface area contributed by atoms with Gasteiger partial charge in [0.25, 0.3) is 0 Å². The van der Waals surface area contributed by atoms with E-state index in [0.29, 0.717) is 12.1 Å². The maximum absolute atomic E-state index is 13.0. The summed E-state index contributed by atoms with van der Waals surface area (Å²) in [6.45, 7) is 0.571. The van der Waals surface area contributed by atoms with Crippen molar-refractivity contribution in [2.24, 2.45) is 0 Å². The van der Waals surface area contributed by atoms with E-state index in [1.807, 2.05) is 47.4 Å². The predicted octanol–water partition coefficient (Wildman–Crippen LogP) is 4.38. The molecule has 3 rings (SSSR count). The van der Waals surface area contributed by atoms with E-state index in [0.717, 1.165) is 42.1 Å². The fourth-order valence-corrected chi connectivity index (χ4v) is 5.39. The molecule has 1 aliphatic rings. The van der Waals surface area contributed by atoms with Crippen LogP contribution in [0.25, 0.3) is 0 Å². The smallest absolute Gasteiger partial charge is 0.238 e. The van der Waals surface area contributed by atoms with E-state index in [2.05, 4.69) is 15.9 Å². The highest BCUT2D eigenvalue weighted by Gasteiger charge is 2.29. The molecule has 0 unspecified atom stereocenters. The lowest BCUT2D eigenvalue weighted by Crippen LogP contribution is -2.43. The Hall–Kier alpha value is -1.66. The van der Waals surface area contributed by atoms with Gasteiger partial charge in [0.15, 0.2) is 9.84 Å². The minimum atomic E-state index is -3.51. The van der Waals surface area contributed by atoms with Crippen LogP contribution in [0.2, 0.25) is 0 Å². The minimum Gasteiger partial charge on any atom is -0.339 e. The number of halogens is 1. The molecule has 2 aromatic carbocycles. The standard InChI is InChI=1S/C22H26BrNO3S/c23-20-12-10-19(11-13-20)16-28(26,27)17-22(25)24(21-8-4-5-9-21)15-14-18-6-2-1-3-7-18/h1-3,6-7,10-13,21H,4-5,8-9,14-17H2. The molecule has 4 nitrogen and oxygen atoms in total. The maximum atomic E-state index is 13.0.